The molecular formula is C23H22N2O2. The second kappa shape index (κ2) is 9.34. The minimum absolute atomic E-state index is 0.0816. The minimum atomic E-state index is -0.293. The van der Waals surface area contributed by atoms with E-state index >= 15 is 0 Å². The Labute approximate surface area is 159 Å². The van der Waals surface area contributed by atoms with Crippen LogP contribution in [-0.2, 0) is 4.79 Å². The summed E-state index contributed by atoms with van der Waals surface area (Å²) in [5, 5.41) is 4.01. The van der Waals surface area contributed by atoms with Gasteiger partial charge in [-0.25, -0.2) is 5.43 Å². The van der Waals surface area contributed by atoms with Gasteiger partial charge in [0, 0.05) is 12.1 Å². The molecule has 0 saturated carbocycles. The molecule has 0 unspecified atom stereocenters. The number of rotatable bonds is 7. The molecular weight excluding hydrogens is 336 g/mol. The number of nitrogens with one attached hydrogen (secondary N) is 1. The maximum Gasteiger partial charge on any atom is 0.277 e. The number of benzene rings is 3. The van der Waals surface area contributed by atoms with Crippen molar-refractivity contribution < 1.29 is 9.53 Å². The van der Waals surface area contributed by atoms with Crippen molar-refractivity contribution in [3.63, 3.8) is 0 Å². The van der Waals surface area contributed by atoms with E-state index in [2.05, 4.69) is 22.7 Å². The van der Waals surface area contributed by atoms with Crippen molar-refractivity contribution in [2.24, 2.45) is 5.10 Å². The van der Waals surface area contributed by atoms with Gasteiger partial charge < -0.3 is 4.74 Å². The van der Waals surface area contributed by atoms with Crippen LogP contribution in [0.3, 0.4) is 0 Å². The first kappa shape index (κ1) is 18.4. The molecule has 0 aromatic heterocycles. The monoisotopic (exact) mass is 358 g/mol. The highest BCUT2D eigenvalue weighted by molar-refractivity contribution is 5.79. The number of ether oxygens (including phenoxy) is 1. The van der Waals surface area contributed by atoms with Crippen LogP contribution in [0.2, 0.25) is 0 Å². The Kier molecular flexibility index (Phi) is 6.36. The van der Waals surface area contributed by atoms with Gasteiger partial charge in [-0.15, -0.1) is 0 Å². The van der Waals surface area contributed by atoms with E-state index in [0.717, 1.165) is 16.7 Å². The molecule has 3 rings (SSSR count). The molecule has 1 N–H and O–H groups in total. The number of carbonyl (C=O) groups excluding carboxylic acids is 1. The molecule has 27 heavy (non-hydrogen) atoms. The Balaban J connectivity index is 1.46. The van der Waals surface area contributed by atoms with Gasteiger partial charge in [-0.3, -0.25) is 4.79 Å². The van der Waals surface area contributed by atoms with Crippen LogP contribution in [0.4, 0.5) is 0 Å². The summed E-state index contributed by atoms with van der Waals surface area (Å²) in [7, 11) is 0. The highest BCUT2D eigenvalue weighted by atomic mass is 16.5. The van der Waals surface area contributed by atoms with Crippen LogP contribution in [-0.4, -0.2) is 18.7 Å². The van der Waals surface area contributed by atoms with E-state index in [9.17, 15) is 4.79 Å². The summed E-state index contributed by atoms with van der Waals surface area (Å²) in [5.74, 6) is 0.475. The topological polar surface area (TPSA) is 50.7 Å². The zero-order chi connectivity index (χ0) is 18.9. The normalized spacial score (nSPS) is 11.9. The molecule has 0 radical (unpaired) electrons. The lowest BCUT2D eigenvalue weighted by Crippen LogP contribution is -2.24. The summed E-state index contributed by atoms with van der Waals surface area (Å²) < 4.78 is 5.51. The first-order chi connectivity index (χ1) is 13.2. The maximum absolute atomic E-state index is 11.9. The molecule has 0 spiro atoms. The Bertz CT molecular complexity index is 875. The quantitative estimate of drug-likeness (QED) is 0.494. The molecule has 0 fully saturated rings. The predicted molar refractivity (Wildman–Crippen MR) is 109 cm³/mol. The van der Waals surface area contributed by atoms with Gasteiger partial charge in [0.2, 0.25) is 0 Å². The average molecular weight is 358 g/mol. The van der Waals surface area contributed by atoms with E-state index in [4.69, 9.17) is 4.74 Å². The summed E-state index contributed by atoms with van der Waals surface area (Å²) >= 11 is 0. The van der Waals surface area contributed by atoms with Gasteiger partial charge in [0.05, 0.1) is 0 Å². The van der Waals surface area contributed by atoms with Crippen LogP contribution in [0.25, 0.3) is 11.1 Å². The van der Waals surface area contributed by atoms with Crippen molar-refractivity contribution in [1.29, 1.82) is 0 Å². The van der Waals surface area contributed by atoms with Gasteiger partial charge >= 0.3 is 0 Å². The van der Waals surface area contributed by atoms with Crippen LogP contribution in [0, 0.1) is 0 Å². The molecule has 0 aliphatic carbocycles. The third-order valence-corrected chi connectivity index (χ3v) is 4.14. The predicted octanol–water partition coefficient (Wildman–Crippen LogP) is 4.64. The summed E-state index contributed by atoms with van der Waals surface area (Å²) in [6.07, 6.45) is 1.71. The fourth-order valence-electron chi connectivity index (χ4n) is 2.62. The molecule has 136 valence electrons. The second-order valence-corrected chi connectivity index (χ2v) is 6.19. The number of amides is 1. The fourth-order valence-corrected chi connectivity index (χ4v) is 2.62. The molecule has 3 aromatic carbocycles. The van der Waals surface area contributed by atoms with Crippen molar-refractivity contribution in [2.75, 3.05) is 6.61 Å². The number of hydrazone groups is 1. The first-order valence-electron chi connectivity index (χ1n) is 8.87. The maximum atomic E-state index is 11.9. The summed E-state index contributed by atoms with van der Waals surface area (Å²) in [5.41, 5.74) is 5.89. The average Bonchev–Trinajstić information content (AvgIpc) is 2.74. The number of nitrogens with zero attached hydrogens (tertiary/aromatic N) is 1. The van der Waals surface area contributed by atoms with Crippen LogP contribution in [0.1, 0.15) is 18.4 Å². The van der Waals surface area contributed by atoms with Crippen molar-refractivity contribution >= 4 is 12.1 Å². The van der Waals surface area contributed by atoms with E-state index in [1.54, 1.807) is 6.21 Å². The Morgan fingerprint density at radius 3 is 2.19 bits per heavy atom. The molecule has 4 nitrogen and oxygen atoms in total. The number of carbonyl (C=O) groups is 1. The van der Waals surface area contributed by atoms with E-state index in [1.807, 2.05) is 79.7 Å². The largest absolute Gasteiger partial charge is 0.484 e. The molecule has 0 heterocycles. The van der Waals surface area contributed by atoms with Gasteiger partial charge in [-0.2, -0.15) is 5.10 Å². The molecule has 0 bridgehead atoms. The lowest BCUT2D eigenvalue weighted by molar-refractivity contribution is -0.123. The van der Waals surface area contributed by atoms with Crippen molar-refractivity contribution in [2.45, 2.75) is 12.8 Å². The third-order valence-electron chi connectivity index (χ3n) is 4.14. The van der Waals surface area contributed by atoms with Gasteiger partial charge in [0.15, 0.2) is 6.61 Å². The fraction of sp³-hybridized carbons (Fsp3) is 0.130. The molecule has 3 aromatic rings. The SMILES string of the molecule is C[C@@H](/C=N\NC(=O)COc1ccc(-c2ccccc2)cc1)c1ccccc1. The van der Waals surface area contributed by atoms with Crippen LogP contribution < -0.4 is 10.2 Å². The van der Waals surface area contributed by atoms with Crippen LogP contribution in [0.5, 0.6) is 5.75 Å². The highest BCUT2D eigenvalue weighted by Crippen LogP contribution is 2.21. The molecule has 0 aliphatic rings. The van der Waals surface area contributed by atoms with E-state index < -0.39 is 0 Å². The summed E-state index contributed by atoms with van der Waals surface area (Å²) in [6.45, 7) is 1.94. The smallest absolute Gasteiger partial charge is 0.277 e. The lowest BCUT2D eigenvalue weighted by Gasteiger charge is -2.07. The van der Waals surface area contributed by atoms with E-state index in [0.29, 0.717) is 5.75 Å². The third kappa shape index (κ3) is 5.54. The first-order valence-corrected chi connectivity index (χ1v) is 8.87. The molecule has 1 amide bonds. The van der Waals surface area contributed by atoms with Crippen molar-refractivity contribution in [3.05, 3.63) is 90.5 Å². The number of hydrogen-bond acceptors (Lipinski definition) is 3. The molecule has 1 atom stereocenters. The van der Waals surface area contributed by atoms with Gasteiger partial charge in [0.1, 0.15) is 5.75 Å². The summed E-state index contributed by atoms with van der Waals surface area (Å²) in [4.78, 5) is 11.9. The van der Waals surface area contributed by atoms with Gasteiger partial charge in [-0.1, -0.05) is 79.7 Å². The van der Waals surface area contributed by atoms with Crippen molar-refractivity contribution in [3.8, 4) is 16.9 Å². The van der Waals surface area contributed by atoms with Crippen molar-refractivity contribution in [1.82, 2.24) is 5.43 Å². The Morgan fingerprint density at radius 2 is 1.52 bits per heavy atom. The summed E-state index contributed by atoms with van der Waals surface area (Å²) in [6, 6.07) is 27.8. The van der Waals surface area contributed by atoms with Gasteiger partial charge in [-0.05, 0) is 28.8 Å². The highest BCUT2D eigenvalue weighted by Gasteiger charge is 2.04. The van der Waals surface area contributed by atoms with Gasteiger partial charge in [0.25, 0.3) is 5.91 Å². The van der Waals surface area contributed by atoms with E-state index in [-0.39, 0.29) is 18.4 Å². The van der Waals surface area contributed by atoms with Crippen LogP contribution in [0.15, 0.2) is 90.0 Å². The lowest BCUT2D eigenvalue weighted by atomic mass is 10.0. The minimum Gasteiger partial charge on any atom is -0.484 e. The number of hydrogen-bond donors (Lipinski definition) is 1. The Morgan fingerprint density at radius 1 is 0.926 bits per heavy atom. The molecule has 4 heteroatoms. The molecule has 0 saturated heterocycles. The Hall–Kier alpha value is -3.40. The second-order valence-electron chi connectivity index (χ2n) is 6.19. The van der Waals surface area contributed by atoms with E-state index in [1.165, 1.54) is 0 Å². The zero-order valence-corrected chi connectivity index (χ0v) is 15.2. The zero-order valence-electron chi connectivity index (χ0n) is 15.2. The standard InChI is InChI=1S/C23H22N2O2/c1-18(19-8-4-2-5-9-19)16-24-25-23(26)17-27-22-14-12-21(13-15-22)20-10-6-3-7-11-20/h2-16,18H,17H2,1H3,(H,25,26)/b24-16-/t18-/m0/s1. The van der Waals surface area contributed by atoms with Crippen LogP contribution >= 0.6 is 0 Å². The molecule has 0 aliphatic heterocycles.